The Bertz CT molecular complexity index is 690. The molecule has 2 amide bonds. The summed E-state index contributed by atoms with van der Waals surface area (Å²) in [7, 11) is 0. The third-order valence-electron chi connectivity index (χ3n) is 4.35. The zero-order valence-corrected chi connectivity index (χ0v) is 14.2. The van der Waals surface area contributed by atoms with Crippen LogP contribution in [-0.2, 0) is 4.79 Å². The predicted molar refractivity (Wildman–Crippen MR) is 90.8 cm³/mol. The minimum absolute atomic E-state index is 0.0129. The zero-order chi connectivity index (χ0) is 17.3. The van der Waals surface area contributed by atoms with Gasteiger partial charge in [-0.25, -0.2) is 0 Å². The van der Waals surface area contributed by atoms with Crippen LogP contribution in [-0.4, -0.2) is 45.9 Å². The highest BCUT2D eigenvalue weighted by Gasteiger charge is 2.36. The van der Waals surface area contributed by atoms with Gasteiger partial charge in [0.05, 0.1) is 10.8 Å². The third-order valence-corrected chi connectivity index (χ3v) is 5.36. The number of hydrogen-bond acceptors (Lipinski definition) is 5. The van der Waals surface area contributed by atoms with Crippen LogP contribution in [0.25, 0.3) is 0 Å². The summed E-state index contributed by atoms with van der Waals surface area (Å²) in [4.78, 5) is 37.0. The van der Waals surface area contributed by atoms with Gasteiger partial charge >= 0.3 is 0 Å². The van der Waals surface area contributed by atoms with E-state index in [9.17, 15) is 19.7 Å². The lowest BCUT2D eigenvalue weighted by Gasteiger charge is -2.23. The van der Waals surface area contributed by atoms with Crippen molar-refractivity contribution in [2.45, 2.75) is 25.8 Å². The molecule has 1 aliphatic heterocycles. The summed E-state index contributed by atoms with van der Waals surface area (Å²) in [6.45, 7) is 2.28. The molecule has 0 radical (unpaired) electrons. The molecule has 1 N–H and O–H groups in total. The average Bonchev–Trinajstić information content (AvgIpc) is 3.25. The first-order valence-corrected chi connectivity index (χ1v) is 9.04. The number of benzene rings is 1. The van der Waals surface area contributed by atoms with Crippen LogP contribution >= 0.6 is 11.8 Å². The second-order valence-corrected chi connectivity index (χ2v) is 7.24. The van der Waals surface area contributed by atoms with Crippen LogP contribution < -0.4 is 5.32 Å². The second kappa shape index (κ2) is 6.80. The Hall–Kier alpha value is -2.09. The van der Waals surface area contributed by atoms with E-state index in [0.29, 0.717) is 35.2 Å². The average molecular weight is 349 g/mol. The highest BCUT2D eigenvalue weighted by Crippen LogP contribution is 2.28. The van der Waals surface area contributed by atoms with E-state index in [2.05, 4.69) is 5.32 Å². The summed E-state index contributed by atoms with van der Waals surface area (Å²) in [5, 5.41) is 13.8. The van der Waals surface area contributed by atoms with Crippen LogP contribution in [0.1, 0.15) is 28.8 Å². The molecule has 3 rings (SSSR count). The lowest BCUT2D eigenvalue weighted by atomic mass is 10.1. The van der Waals surface area contributed by atoms with Crippen LogP contribution in [0.5, 0.6) is 0 Å². The number of nitrogens with one attached hydrogen (secondary N) is 1. The molecule has 1 aromatic rings. The number of aryl methyl sites for hydroxylation is 1. The van der Waals surface area contributed by atoms with Gasteiger partial charge in [0.25, 0.3) is 11.6 Å². The van der Waals surface area contributed by atoms with Gasteiger partial charge in [0.15, 0.2) is 0 Å². The van der Waals surface area contributed by atoms with Gasteiger partial charge in [-0.2, -0.15) is 0 Å². The smallest absolute Gasteiger partial charge is 0.272 e. The molecule has 8 heteroatoms. The molecule has 7 nitrogen and oxygen atoms in total. The molecule has 128 valence electrons. The Labute approximate surface area is 143 Å². The number of carbonyl (C=O) groups excluding carboxylic acids is 2. The number of nitro benzene ring substituents is 1. The Morgan fingerprint density at radius 3 is 2.79 bits per heavy atom. The van der Waals surface area contributed by atoms with Crippen molar-refractivity contribution in [1.29, 1.82) is 0 Å². The van der Waals surface area contributed by atoms with E-state index in [1.165, 1.54) is 30.0 Å². The fourth-order valence-corrected chi connectivity index (χ4v) is 3.86. The molecule has 0 unspecified atom stereocenters. The van der Waals surface area contributed by atoms with Crippen LogP contribution in [0.3, 0.4) is 0 Å². The van der Waals surface area contributed by atoms with Crippen molar-refractivity contribution in [2.75, 3.05) is 18.2 Å². The fourth-order valence-electron chi connectivity index (χ4n) is 2.70. The van der Waals surface area contributed by atoms with Crippen LogP contribution in [0.4, 0.5) is 5.69 Å². The van der Waals surface area contributed by atoms with Crippen LogP contribution in [0.15, 0.2) is 18.2 Å². The Morgan fingerprint density at radius 1 is 1.42 bits per heavy atom. The number of amides is 2. The monoisotopic (exact) mass is 349 g/mol. The topological polar surface area (TPSA) is 92.6 Å². The molecular formula is C16H19N3O4S. The summed E-state index contributed by atoms with van der Waals surface area (Å²) < 4.78 is 0. The molecule has 0 aromatic heterocycles. The van der Waals surface area contributed by atoms with Gasteiger partial charge in [0.1, 0.15) is 6.04 Å². The van der Waals surface area contributed by atoms with Gasteiger partial charge in [0.2, 0.25) is 5.91 Å². The summed E-state index contributed by atoms with van der Waals surface area (Å²) in [5.74, 6) is 1.25. The first-order valence-electron chi connectivity index (χ1n) is 7.89. The fraction of sp³-hybridized carbons (Fsp3) is 0.500. The van der Waals surface area contributed by atoms with Crippen molar-refractivity contribution in [3.63, 3.8) is 0 Å². The van der Waals surface area contributed by atoms with Crippen molar-refractivity contribution >= 4 is 29.3 Å². The molecule has 1 saturated heterocycles. The van der Waals surface area contributed by atoms with Crippen molar-refractivity contribution in [3.8, 4) is 0 Å². The Kier molecular flexibility index (Phi) is 4.75. The Balaban J connectivity index is 1.71. The minimum atomic E-state index is -0.475. The summed E-state index contributed by atoms with van der Waals surface area (Å²) in [5.41, 5.74) is 0.800. The van der Waals surface area contributed by atoms with E-state index in [1.807, 2.05) is 0 Å². The van der Waals surface area contributed by atoms with Crippen molar-refractivity contribution < 1.29 is 14.5 Å². The molecule has 1 heterocycles. The van der Waals surface area contributed by atoms with Gasteiger partial charge in [0, 0.05) is 29.5 Å². The van der Waals surface area contributed by atoms with E-state index < -0.39 is 11.0 Å². The maximum atomic E-state index is 12.7. The first kappa shape index (κ1) is 16.8. The maximum absolute atomic E-state index is 12.7. The number of carbonyl (C=O) groups is 2. The summed E-state index contributed by atoms with van der Waals surface area (Å²) in [6, 6.07) is 3.84. The van der Waals surface area contributed by atoms with E-state index in [-0.39, 0.29) is 17.5 Å². The highest BCUT2D eigenvalue weighted by atomic mass is 32.2. The quantitative estimate of drug-likeness (QED) is 0.648. The van der Waals surface area contributed by atoms with Gasteiger partial charge < -0.3 is 10.2 Å². The second-order valence-electron chi connectivity index (χ2n) is 6.24. The van der Waals surface area contributed by atoms with Crippen molar-refractivity contribution in [1.82, 2.24) is 10.2 Å². The van der Waals surface area contributed by atoms with E-state index >= 15 is 0 Å². The largest absolute Gasteiger partial charge is 0.354 e. The maximum Gasteiger partial charge on any atom is 0.272 e. The number of nitrogens with zero attached hydrogens (tertiary/aromatic N) is 2. The molecule has 2 fully saturated rings. The molecule has 24 heavy (non-hydrogen) atoms. The van der Waals surface area contributed by atoms with E-state index in [0.717, 1.165) is 12.8 Å². The minimum Gasteiger partial charge on any atom is -0.354 e. The van der Waals surface area contributed by atoms with Crippen LogP contribution in [0.2, 0.25) is 0 Å². The number of hydrogen-bond donors (Lipinski definition) is 1. The van der Waals surface area contributed by atoms with Crippen LogP contribution in [0, 0.1) is 23.0 Å². The van der Waals surface area contributed by atoms with Crippen molar-refractivity contribution in [2.24, 2.45) is 5.92 Å². The summed E-state index contributed by atoms with van der Waals surface area (Å²) >= 11 is 1.54. The third kappa shape index (κ3) is 3.53. The lowest BCUT2D eigenvalue weighted by molar-refractivity contribution is -0.385. The van der Waals surface area contributed by atoms with E-state index in [1.54, 1.807) is 11.8 Å². The molecule has 1 atom stereocenters. The molecule has 1 aromatic carbocycles. The highest BCUT2D eigenvalue weighted by molar-refractivity contribution is 7.99. The number of thioether (sulfide) groups is 1. The molecule has 0 spiro atoms. The number of rotatable bonds is 5. The molecule has 0 bridgehead atoms. The molecule has 1 aliphatic carbocycles. The van der Waals surface area contributed by atoms with Gasteiger partial charge in [-0.1, -0.05) is 0 Å². The SMILES string of the molecule is Cc1cc(C(=O)N2CSC[C@H]2C(=O)NCC2CC2)ccc1[N+](=O)[O-]. The normalized spacial score (nSPS) is 20.0. The van der Waals surface area contributed by atoms with E-state index in [4.69, 9.17) is 0 Å². The van der Waals surface area contributed by atoms with Gasteiger partial charge in [-0.15, -0.1) is 11.8 Å². The zero-order valence-electron chi connectivity index (χ0n) is 13.4. The van der Waals surface area contributed by atoms with Gasteiger partial charge in [-0.3, -0.25) is 19.7 Å². The molecule has 2 aliphatic rings. The summed E-state index contributed by atoms with van der Waals surface area (Å²) in [6.07, 6.45) is 2.31. The Morgan fingerprint density at radius 2 is 2.17 bits per heavy atom. The van der Waals surface area contributed by atoms with Gasteiger partial charge in [-0.05, 0) is 37.8 Å². The van der Waals surface area contributed by atoms with Crippen molar-refractivity contribution in [3.05, 3.63) is 39.4 Å². The molecular weight excluding hydrogens is 330 g/mol. The standard InChI is InChI=1S/C16H19N3O4S/c1-10-6-12(4-5-13(10)19(22)23)16(21)18-9-24-8-14(18)15(20)17-7-11-2-3-11/h4-6,11,14H,2-3,7-9H2,1H3,(H,17,20)/t14-/m0/s1. The first-order chi connectivity index (χ1) is 11.5. The predicted octanol–water partition coefficient (Wildman–Crippen LogP) is 1.94. The number of nitro groups is 1. The lowest BCUT2D eigenvalue weighted by Crippen LogP contribution is -2.47. The molecule has 1 saturated carbocycles.